The van der Waals surface area contributed by atoms with Crippen molar-refractivity contribution in [2.45, 2.75) is 17.9 Å². The van der Waals surface area contributed by atoms with Gasteiger partial charge in [-0.3, -0.25) is 14.9 Å². The normalized spacial score (nSPS) is 18.2. The molecule has 1 N–H and O–H groups in total. The largest absolute Gasteiger partial charge is 0.333 e. The molecule has 0 unspecified atom stereocenters. The number of sulfone groups is 1. The third-order valence-electron chi connectivity index (χ3n) is 3.54. The van der Waals surface area contributed by atoms with Crippen LogP contribution in [-0.2, 0) is 9.84 Å². The highest BCUT2D eigenvalue weighted by molar-refractivity contribution is 7.90. The second-order valence-corrected chi connectivity index (χ2v) is 7.31. The predicted molar refractivity (Wildman–Crippen MR) is 86.8 cm³/mol. The standard InChI is InChI=1S/C13H17N3O5S.ClH/c1-9-8-14-3-4-15(9)13(17)10-5-11(16(18)19)7-12(6-10)22(2,20)21;/h5-7,9,14H,3-4,8H2,1-2H3;1H/t9-;/m1./s1. The Hall–Kier alpha value is -1.71. The Morgan fingerprint density at radius 3 is 2.57 bits per heavy atom. The molecule has 1 fully saturated rings. The summed E-state index contributed by atoms with van der Waals surface area (Å²) >= 11 is 0. The SMILES string of the molecule is C[C@@H]1CNCCN1C(=O)c1cc([N+](=O)[O-])cc(S(C)(=O)=O)c1.Cl. The maximum atomic E-state index is 12.5. The van der Waals surface area contributed by atoms with Crippen molar-refractivity contribution >= 4 is 33.8 Å². The molecular weight excluding hydrogens is 346 g/mol. The topological polar surface area (TPSA) is 110 Å². The van der Waals surface area contributed by atoms with E-state index in [-0.39, 0.29) is 28.9 Å². The number of rotatable bonds is 3. The summed E-state index contributed by atoms with van der Waals surface area (Å²) in [5.74, 6) is -0.400. The lowest BCUT2D eigenvalue weighted by Crippen LogP contribution is -2.52. The summed E-state index contributed by atoms with van der Waals surface area (Å²) in [5.41, 5.74) is -0.391. The van der Waals surface area contributed by atoms with Crippen molar-refractivity contribution < 1.29 is 18.1 Å². The third-order valence-corrected chi connectivity index (χ3v) is 4.63. The molecule has 1 aliphatic rings. The average molecular weight is 364 g/mol. The Bertz CT molecular complexity index is 722. The van der Waals surface area contributed by atoms with Gasteiger partial charge in [0.25, 0.3) is 11.6 Å². The Morgan fingerprint density at radius 1 is 1.39 bits per heavy atom. The quantitative estimate of drug-likeness (QED) is 0.629. The molecule has 128 valence electrons. The molecule has 1 aromatic rings. The fourth-order valence-electron chi connectivity index (χ4n) is 2.33. The summed E-state index contributed by atoms with van der Waals surface area (Å²) in [7, 11) is -3.65. The minimum atomic E-state index is -3.65. The van der Waals surface area contributed by atoms with Crippen LogP contribution in [0.2, 0.25) is 0 Å². The van der Waals surface area contributed by atoms with Gasteiger partial charge in [-0.1, -0.05) is 0 Å². The van der Waals surface area contributed by atoms with Crippen LogP contribution in [0.5, 0.6) is 0 Å². The van der Waals surface area contributed by atoms with Gasteiger partial charge in [0.2, 0.25) is 0 Å². The molecule has 1 aliphatic heterocycles. The zero-order chi connectivity index (χ0) is 16.5. The summed E-state index contributed by atoms with van der Waals surface area (Å²) in [5, 5.41) is 14.1. The first-order valence-corrected chi connectivity index (χ1v) is 8.60. The van der Waals surface area contributed by atoms with Crippen molar-refractivity contribution in [3.63, 3.8) is 0 Å². The number of carbonyl (C=O) groups is 1. The molecule has 0 bridgehead atoms. The van der Waals surface area contributed by atoms with E-state index in [1.165, 1.54) is 6.07 Å². The molecule has 10 heteroatoms. The van der Waals surface area contributed by atoms with Crippen molar-refractivity contribution in [1.29, 1.82) is 0 Å². The lowest BCUT2D eigenvalue weighted by atomic mass is 10.1. The first-order valence-electron chi connectivity index (χ1n) is 6.71. The Kier molecular flexibility index (Phi) is 6.09. The minimum absolute atomic E-state index is 0. The number of piperazine rings is 1. The Balaban J connectivity index is 0.00000264. The van der Waals surface area contributed by atoms with Gasteiger partial charge in [0.15, 0.2) is 9.84 Å². The van der Waals surface area contributed by atoms with Gasteiger partial charge in [-0.25, -0.2) is 8.42 Å². The lowest BCUT2D eigenvalue weighted by Gasteiger charge is -2.34. The maximum absolute atomic E-state index is 12.5. The molecule has 23 heavy (non-hydrogen) atoms. The van der Waals surface area contributed by atoms with Crippen LogP contribution in [0.25, 0.3) is 0 Å². The van der Waals surface area contributed by atoms with Crippen LogP contribution in [0.4, 0.5) is 5.69 Å². The Labute approximate surface area is 140 Å². The van der Waals surface area contributed by atoms with E-state index in [1.807, 2.05) is 6.92 Å². The third kappa shape index (κ3) is 4.40. The van der Waals surface area contributed by atoms with Crippen LogP contribution in [0, 0.1) is 10.1 Å². The number of non-ortho nitro benzene ring substituents is 1. The van der Waals surface area contributed by atoms with E-state index < -0.39 is 26.4 Å². The van der Waals surface area contributed by atoms with E-state index in [4.69, 9.17) is 0 Å². The van der Waals surface area contributed by atoms with E-state index in [1.54, 1.807) is 4.90 Å². The molecule has 0 aromatic heterocycles. The van der Waals surface area contributed by atoms with Crippen molar-refractivity contribution in [3.05, 3.63) is 33.9 Å². The van der Waals surface area contributed by atoms with Gasteiger partial charge in [-0.15, -0.1) is 12.4 Å². The van der Waals surface area contributed by atoms with E-state index >= 15 is 0 Å². The first-order chi connectivity index (χ1) is 10.2. The van der Waals surface area contributed by atoms with Crippen molar-refractivity contribution in [3.8, 4) is 0 Å². The summed E-state index contributed by atoms with van der Waals surface area (Å²) in [4.78, 5) is 24.2. The number of halogens is 1. The predicted octanol–water partition coefficient (Wildman–Crippen LogP) is 0.854. The number of nitrogens with one attached hydrogen (secondary N) is 1. The van der Waals surface area contributed by atoms with Crippen LogP contribution in [0.15, 0.2) is 23.1 Å². The highest BCUT2D eigenvalue weighted by atomic mass is 35.5. The van der Waals surface area contributed by atoms with E-state index in [2.05, 4.69) is 5.32 Å². The monoisotopic (exact) mass is 363 g/mol. The molecule has 2 rings (SSSR count). The van der Waals surface area contributed by atoms with E-state index in [0.717, 1.165) is 18.4 Å². The number of nitro groups is 1. The number of nitro benzene ring substituents is 1. The fraction of sp³-hybridized carbons (Fsp3) is 0.462. The molecule has 0 aliphatic carbocycles. The maximum Gasteiger partial charge on any atom is 0.271 e. The van der Waals surface area contributed by atoms with Crippen molar-refractivity contribution in [1.82, 2.24) is 10.2 Å². The first kappa shape index (κ1) is 19.3. The molecule has 1 saturated heterocycles. The van der Waals surface area contributed by atoms with Crippen LogP contribution in [0.3, 0.4) is 0 Å². The number of hydrogen-bond acceptors (Lipinski definition) is 6. The molecule has 1 aromatic carbocycles. The Morgan fingerprint density at radius 2 is 2.04 bits per heavy atom. The zero-order valence-electron chi connectivity index (χ0n) is 12.7. The average Bonchev–Trinajstić information content (AvgIpc) is 2.45. The number of nitrogens with zero attached hydrogens (tertiary/aromatic N) is 2. The number of carbonyl (C=O) groups excluding carboxylic acids is 1. The van der Waals surface area contributed by atoms with Gasteiger partial charge in [0.1, 0.15) is 0 Å². The molecule has 0 spiro atoms. The van der Waals surface area contributed by atoms with Gasteiger partial charge in [0.05, 0.1) is 9.82 Å². The summed E-state index contributed by atoms with van der Waals surface area (Å²) in [6, 6.07) is 3.21. The smallest absolute Gasteiger partial charge is 0.271 e. The second-order valence-electron chi connectivity index (χ2n) is 5.30. The molecule has 8 nitrogen and oxygen atoms in total. The van der Waals surface area contributed by atoms with Crippen LogP contribution in [-0.4, -0.2) is 56.1 Å². The summed E-state index contributed by atoms with van der Waals surface area (Å²) in [6.07, 6.45) is 0.952. The summed E-state index contributed by atoms with van der Waals surface area (Å²) in [6.45, 7) is 3.58. The highest BCUT2D eigenvalue weighted by Crippen LogP contribution is 2.22. The lowest BCUT2D eigenvalue weighted by molar-refractivity contribution is -0.385. The molecule has 1 heterocycles. The molecule has 0 radical (unpaired) electrons. The number of hydrogen-bond donors (Lipinski definition) is 1. The number of benzene rings is 1. The number of amides is 1. The highest BCUT2D eigenvalue weighted by Gasteiger charge is 2.26. The van der Waals surface area contributed by atoms with Crippen LogP contribution >= 0.6 is 12.4 Å². The van der Waals surface area contributed by atoms with Gasteiger partial charge in [0, 0.05) is 49.6 Å². The van der Waals surface area contributed by atoms with Gasteiger partial charge < -0.3 is 10.2 Å². The van der Waals surface area contributed by atoms with Crippen molar-refractivity contribution in [2.75, 3.05) is 25.9 Å². The van der Waals surface area contributed by atoms with E-state index in [0.29, 0.717) is 19.6 Å². The molecule has 1 amide bonds. The van der Waals surface area contributed by atoms with Gasteiger partial charge >= 0.3 is 0 Å². The van der Waals surface area contributed by atoms with Crippen LogP contribution < -0.4 is 5.32 Å². The van der Waals surface area contributed by atoms with Gasteiger partial charge in [-0.2, -0.15) is 0 Å². The molecule has 1 atom stereocenters. The van der Waals surface area contributed by atoms with Crippen LogP contribution in [0.1, 0.15) is 17.3 Å². The minimum Gasteiger partial charge on any atom is -0.333 e. The van der Waals surface area contributed by atoms with Crippen molar-refractivity contribution in [2.24, 2.45) is 0 Å². The molecular formula is C13H18ClN3O5S. The van der Waals surface area contributed by atoms with Gasteiger partial charge in [-0.05, 0) is 13.0 Å². The van der Waals surface area contributed by atoms with E-state index in [9.17, 15) is 23.3 Å². The zero-order valence-corrected chi connectivity index (χ0v) is 14.3. The fourth-order valence-corrected chi connectivity index (χ4v) is 3.01. The summed E-state index contributed by atoms with van der Waals surface area (Å²) < 4.78 is 23.3. The second kappa shape index (κ2) is 7.24. The molecule has 0 saturated carbocycles.